The van der Waals surface area contributed by atoms with Crippen LogP contribution in [-0.4, -0.2) is 18.2 Å². The Morgan fingerprint density at radius 3 is 2.56 bits per heavy atom. The predicted molar refractivity (Wildman–Crippen MR) is 66.0 cm³/mol. The monoisotopic (exact) mass is 221 g/mol. The van der Waals surface area contributed by atoms with Crippen LogP contribution in [0.25, 0.3) is 0 Å². The number of ketones is 1. The van der Waals surface area contributed by atoms with Gasteiger partial charge in [0.1, 0.15) is 5.78 Å². The van der Waals surface area contributed by atoms with E-state index in [1.165, 1.54) is 6.92 Å². The summed E-state index contributed by atoms with van der Waals surface area (Å²) in [5.41, 5.74) is 0.518. The van der Waals surface area contributed by atoms with Crippen LogP contribution in [0.2, 0.25) is 0 Å². The van der Waals surface area contributed by atoms with E-state index in [-0.39, 0.29) is 18.2 Å². The van der Waals surface area contributed by atoms with Gasteiger partial charge in [-0.15, -0.1) is 0 Å². The molecule has 88 valence electrons. The molecule has 0 aromatic carbocycles. The number of Topliss-reactive ketones (excluding diaryl/α,β-unsaturated/α-hetero) is 1. The fourth-order valence-corrected chi connectivity index (χ4v) is 1.02. The van der Waals surface area contributed by atoms with Gasteiger partial charge in [-0.05, 0) is 13.3 Å². The summed E-state index contributed by atoms with van der Waals surface area (Å²) in [7, 11) is 0. The number of allylic oxidation sites excluding steroid dienone is 3. The highest BCUT2D eigenvalue weighted by atomic mass is 16.2. The molecule has 1 amide bonds. The van der Waals surface area contributed by atoms with E-state index in [2.05, 4.69) is 18.8 Å². The van der Waals surface area contributed by atoms with Crippen LogP contribution in [0.4, 0.5) is 0 Å². The van der Waals surface area contributed by atoms with Gasteiger partial charge in [-0.2, -0.15) is 0 Å². The zero-order valence-electron chi connectivity index (χ0n) is 9.95. The fraction of sp³-hybridized carbons (Fsp3) is 0.385. The maximum Gasteiger partial charge on any atom is 0.251 e. The average molecular weight is 221 g/mol. The molecule has 0 aromatic rings. The number of amides is 1. The van der Waals surface area contributed by atoms with E-state index in [4.69, 9.17) is 0 Å². The van der Waals surface area contributed by atoms with Crippen molar-refractivity contribution in [3.05, 3.63) is 36.5 Å². The van der Waals surface area contributed by atoms with Crippen LogP contribution in [0.15, 0.2) is 36.5 Å². The molecule has 0 saturated carbocycles. The zero-order chi connectivity index (χ0) is 12.4. The molecule has 0 aliphatic carbocycles. The first-order chi connectivity index (χ1) is 7.61. The quantitative estimate of drug-likeness (QED) is 0.529. The molecule has 0 spiro atoms. The number of carbonyl (C=O) groups is 2. The summed E-state index contributed by atoms with van der Waals surface area (Å²) in [6, 6.07) is 0. The lowest BCUT2D eigenvalue weighted by Gasteiger charge is -2.02. The van der Waals surface area contributed by atoms with Crippen LogP contribution in [-0.2, 0) is 9.59 Å². The maximum absolute atomic E-state index is 11.6. The lowest BCUT2D eigenvalue weighted by Crippen LogP contribution is -2.29. The standard InChI is InChI=1S/C13H19NO2/c1-4-6-7-9-12(8-5-2)13(16)14-10-11(3)15/h5,7-9H,2,4,6,10H2,1,3H3,(H,14,16)/b9-7-,12-8+. The van der Waals surface area contributed by atoms with E-state index in [1.54, 1.807) is 18.2 Å². The Bertz CT molecular complexity index is 314. The number of unbranched alkanes of at least 4 members (excludes halogenated alkanes) is 1. The Kier molecular flexibility index (Phi) is 7.76. The summed E-state index contributed by atoms with van der Waals surface area (Å²) < 4.78 is 0. The minimum absolute atomic E-state index is 0.0644. The Balaban J connectivity index is 4.42. The van der Waals surface area contributed by atoms with Gasteiger partial charge in [-0.25, -0.2) is 0 Å². The second kappa shape index (κ2) is 8.65. The lowest BCUT2D eigenvalue weighted by molar-refractivity contribution is -0.121. The van der Waals surface area contributed by atoms with Crippen molar-refractivity contribution in [2.75, 3.05) is 6.54 Å². The second-order valence-electron chi connectivity index (χ2n) is 3.43. The third-order valence-electron chi connectivity index (χ3n) is 1.81. The van der Waals surface area contributed by atoms with Crippen molar-refractivity contribution < 1.29 is 9.59 Å². The molecule has 0 aliphatic rings. The molecule has 0 aromatic heterocycles. The normalized spacial score (nSPS) is 11.5. The highest BCUT2D eigenvalue weighted by Gasteiger charge is 2.05. The minimum Gasteiger partial charge on any atom is -0.345 e. The molecule has 0 rings (SSSR count). The molecular formula is C13H19NO2. The van der Waals surface area contributed by atoms with E-state index < -0.39 is 0 Å². The molecule has 0 saturated heterocycles. The molecule has 0 heterocycles. The van der Waals surface area contributed by atoms with Gasteiger partial charge in [0.15, 0.2) is 0 Å². The topological polar surface area (TPSA) is 46.2 Å². The van der Waals surface area contributed by atoms with Crippen LogP contribution in [0.5, 0.6) is 0 Å². The first-order valence-corrected chi connectivity index (χ1v) is 5.38. The molecule has 0 fully saturated rings. The Morgan fingerprint density at radius 1 is 1.38 bits per heavy atom. The van der Waals surface area contributed by atoms with E-state index in [0.29, 0.717) is 5.57 Å². The molecule has 0 aliphatic heterocycles. The number of hydrogen-bond acceptors (Lipinski definition) is 2. The minimum atomic E-state index is -0.248. The Hall–Kier alpha value is -1.64. The predicted octanol–water partition coefficient (Wildman–Crippen LogP) is 2.16. The zero-order valence-corrected chi connectivity index (χ0v) is 9.95. The van der Waals surface area contributed by atoms with E-state index in [0.717, 1.165) is 12.8 Å². The smallest absolute Gasteiger partial charge is 0.251 e. The van der Waals surface area contributed by atoms with Gasteiger partial charge in [-0.1, -0.05) is 44.2 Å². The van der Waals surface area contributed by atoms with Crippen molar-refractivity contribution in [3.8, 4) is 0 Å². The van der Waals surface area contributed by atoms with Crippen LogP contribution < -0.4 is 5.32 Å². The van der Waals surface area contributed by atoms with Gasteiger partial charge in [0.2, 0.25) is 0 Å². The van der Waals surface area contributed by atoms with Gasteiger partial charge in [-0.3, -0.25) is 9.59 Å². The third-order valence-corrected chi connectivity index (χ3v) is 1.81. The Morgan fingerprint density at radius 2 is 2.06 bits per heavy atom. The Labute approximate surface area is 96.9 Å². The van der Waals surface area contributed by atoms with E-state index in [9.17, 15) is 9.59 Å². The van der Waals surface area contributed by atoms with E-state index in [1.807, 2.05) is 6.08 Å². The van der Waals surface area contributed by atoms with Crippen molar-refractivity contribution in [2.24, 2.45) is 0 Å². The number of rotatable bonds is 7. The molecule has 3 heteroatoms. The number of hydrogen-bond donors (Lipinski definition) is 1. The lowest BCUT2D eigenvalue weighted by atomic mass is 10.2. The van der Waals surface area contributed by atoms with Crippen LogP contribution in [0.3, 0.4) is 0 Å². The van der Waals surface area contributed by atoms with E-state index >= 15 is 0 Å². The molecule has 0 radical (unpaired) electrons. The molecule has 0 atom stereocenters. The van der Waals surface area contributed by atoms with Gasteiger partial charge in [0.05, 0.1) is 6.54 Å². The van der Waals surface area contributed by atoms with Crippen molar-refractivity contribution >= 4 is 11.7 Å². The van der Waals surface area contributed by atoms with Gasteiger partial charge in [0, 0.05) is 5.57 Å². The van der Waals surface area contributed by atoms with Gasteiger partial charge >= 0.3 is 0 Å². The van der Waals surface area contributed by atoms with Crippen molar-refractivity contribution in [3.63, 3.8) is 0 Å². The first kappa shape index (κ1) is 14.4. The average Bonchev–Trinajstić information content (AvgIpc) is 2.25. The fourth-order valence-electron chi connectivity index (χ4n) is 1.02. The summed E-state index contributed by atoms with van der Waals surface area (Å²) >= 11 is 0. The first-order valence-electron chi connectivity index (χ1n) is 5.38. The molecular weight excluding hydrogens is 202 g/mol. The number of nitrogens with one attached hydrogen (secondary N) is 1. The van der Waals surface area contributed by atoms with Crippen molar-refractivity contribution in [1.29, 1.82) is 0 Å². The number of carbonyl (C=O) groups excluding carboxylic acids is 2. The SMILES string of the molecule is C=C/C=C(\C=C/CCC)C(=O)NCC(C)=O. The largest absolute Gasteiger partial charge is 0.345 e. The second-order valence-corrected chi connectivity index (χ2v) is 3.43. The molecule has 16 heavy (non-hydrogen) atoms. The summed E-state index contributed by atoms with van der Waals surface area (Å²) in [5.74, 6) is -0.314. The molecule has 3 nitrogen and oxygen atoms in total. The molecule has 1 N–H and O–H groups in total. The summed E-state index contributed by atoms with van der Waals surface area (Å²) in [6.07, 6.45) is 8.82. The van der Waals surface area contributed by atoms with Gasteiger partial charge < -0.3 is 5.32 Å². The van der Waals surface area contributed by atoms with Gasteiger partial charge in [0.25, 0.3) is 5.91 Å². The van der Waals surface area contributed by atoms with Crippen molar-refractivity contribution in [1.82, 2.24) is 5.32 Å². The maximum atomic E-state index is 11.6. The highest BCUT2D eigenvalue weighted by molar-refractivity contribution is 5.98. The third kappa shape index (κ3) is 6.76. The molecule has 0 unspecified atom stereocenters. The van der Waals surface area contributed by atoms with Crippen molar-refractivity contribution in [2.45, 2.75) is 26.7 Å². The molecule has 0 bridgehead atoms. The van der Waals surface area contributed by atoms with Crippen LogP contribution in [0, 0.1) is 0 Å². The van der Waals surface area contributed by atoms with Crippen LogP contribution in [0.1, 0.15) is 26.7 Å². The highest BCUT2D eigenvalue weighted by Crippen LogP contribution is 2.00. The summed E-state index contributed by atoms with van der Waals surface area (Å²) in [4.78, 5) is 22.3. The summed E-state index contributed by atoms with van der Waals surface area (Å²) in [6.45, 7) is 7.11. The van der Waals surface area contributed by atoms with Crippen LogP contribution >= 0.6 is 0 Å². The summed E-state index contributed by atoms with van der Waals surface area (Å²) in [5, 5.41) is 2.54.